The third kappa shape index (κ3) is 12.4. The number of nitrogens with two attached hydrogens (primary N) is 3. The Morgan fingerprint density at radius 2 is 1.45 bits per heavy atom. The summed E-state index contributed by atoms with van der Waals surface area (Å²) in [5, 5.41) is 25.9. The van der Waals surface area contributed by atoms with Crippen LogP contribution in [0.5, 0.6) is 0 Å². The van der Waals surface area contributed by atoms with Crippen LogP contribution in [0.1, 0.15) is 39.0 Å². The number of carbonyl (C=O) groups excluding carboxylic acids is 4. The van der Waals surface area contributed by atoms with Crippen LogP contribution in [0.3, 0.4) is 0 Å². The number of unbranched alkanes of at least 4 members (excludes halogenated alkanes) is 1. The minimum atomic E-state index is -1.45. The molecule has 33 heavy (non-hydrogen) atoms. The number of hydrogen-bond donors (Lipinski definition) is 8. The van der Waals surface area contributed by atoms with Crippen molar-refractivity contribution in [1.29, 1.82) is 0 Å². The number of amides is 4. The van der Waals surface area contributed by atoms with Crippen LogP contribution in [0.4, 0.5) is 0 Å². The largest absolute Gasteiger partial charge is 0.480 e. The number of rotatable bonds is 17. The van der Waals surface area contributed by atoms with Gasteiger partial charge in [-0.1, -0.05) is 0 Å². The Balaban J connectivity index is 5.43. The normalized spacial score (nSPS) is 15.4. The number of carboxylic acid groups (broad SMARTS) is 1. The summed E-state index contributed by atoms with van der Waals surface area (Å²) in [5.74, 6) is -4.16. The first-order chi connectivity index (χ1) is 15.4. The second-order valence-corrected chi connectivity index (χ2v) is 8.51. The van der Waals surface area contributed by atoms with E-state index in [1.54, 1.807) is 6.26 Å². The van der Waals surface area contributed by atoms with E-state index in [2.05, 4.69) is 16.0 Å². The number of carbonyl (C=O) groups is 5. The van der Waals surface area contributed by atoms with E-state index < -0.39 is 66.3 Å². The van der Waals surface area contributed by atoms with Crippen LogP contribution in [0.15, 0.2) is 0 Å². The molecule has 14 heteroatoms. The number of hydrogen-bond acceptors (Lipinski definition) is 9. The summed E-state index contributed by atoms with van der Waals surface area (Å²) < 4.78 is 0. The molecule has 0 fully saturated rings. The van der Waals surface area contributed by atoms with E-state index in [9.17, 15) is 34.2 Å². The van der Waals surface area contributed by atoms with Gasteiger partial charge >= 0.3 is 5.97 Å². The van der Waals surface area contributed by atoms with Crippen molar-refractivity contribution in [3.05, 3.63) is 0 Å². The highest BCUT2D eigenvalue weighted by Crippen LogP contribution is 2.06. The van der Waals surface area contributed by atoms with Crippen molar-refractivity contribution in [2.75, 3.05) is 18.6 Å². The third-order valence-electron chi connectivity index (χ3n) is 4.67. The summed E-state index contributed by atoms with van der Waals surface area (Å²) in [6, 6.07) is -5.08. The van der Waals surface area contributed by atoms with Crippen LogP contribution in [-0.4, -0.2) is 88.6 Å². The number of thioether (sulfide) groups is 1. The van der Waals surface area contributed by atoms with Gasteiger partial charge in [-0.15, -0.1) is 0 Å². The molecule has 4 amide bonds. The molecule has 5 unspecified atom stereocenters. The van der Waals surface area contributed by atoms with Crippen molar-refractivity contribution in [2.45, 2.75) is 69.3 Å². The van der Waals surface area contributed by atoms with E-state index in [4.69, 9.17) is 17.2 Å². The molecule has 0 saturated heterocycles. The highest BCUT2D eigenvalue weighted by Gasteiger charge is 2.31. The molecule has 5 atom stereocenters. The van der Waals surface area contributed by atoms with E-state index in [-0.39, 0.29) is 12.8 Å². The maximum absolute atomic E-state index is 12.8. The maximum atomic E-state index is 12.8. The van der Waals surface area contributed by atoms with Gasteiger partial charge in [-0.3, -0.25) is 19.2 Å². The van der Waals surface area contributed by atoms with Crippen molar-refractivity contribution in [2.24, 2.45) is 17.2 Å². The fourth-order valence-corrected chi connectivity index (χ4v) is 3.17. The molecule has 13 nitrogen and oxygen atoms in total. The van der Waals surface area contributed by atoms with Crippen molar-refractivity contribution in [3.8, 4) is 0 Å². The van der Waals surface area contributed by atoms with Crippen molar-refractivity contribution in [1.82, 2.24) is 16.0 Å². The highest BCUT2D eigenvalue weighted by atomic mass is 32.2. The molecule has 0 rings (SSSR count). The molecule has 0 radical (unpaired) electrons. The molecule has 0 heterocycles. The Morgan fingerprint density at radius 3 is 1.94 bits per heavy atom. The summed E-state index contributed by atoms with van der Waals surface area (Å²) in [7, 11) is 0. The van der Waals surface area contributed by atoms with Crippen LogP contribution in [0.25, 0.3) is 0 Å². The zero-order valence-electron chi connectivity index (χ0n) is 18.9. The zero-order valence-corrected chi connectivity index (χ0v) is 19.7. The minimum absolute atomic E-state index is 0.110. The van der Waals surface area contributed by atoms with Gasteiger partial charge in [0, 0.05) is 0 Å². The van der Waals surface area contributed by atoms with E-state index in [1.807, 2.05) is 0 Å². The summed E-state index contributed by atoms with van der Waals surface area (Å²) >= 11 is 1.41. The van der Waals surface area contributed by atoms with Gasteiger partial charge in [0.05, 0.1) is 12.5 Å². The Kier molecular flexibility index (Phi) is 15.0. The van der Waals surface area contributed by atoms with Gasteiger partial charge in [0.1, 0.15) is 24.2 Å². The molecular formula is C19H36N6O7S. The van der Waals surface area contributed by atoms with Gasteiger partial charge in [-0.05, 0) is 51.2 Å². The van der Waals surface area contributed by atoms with Crippen molar-refractivity contribution < 1.29 is 34.2 Å². The highest BCUT2D eigenvalue weighted by molar-refractivity contribution is 7.98. The number of carboxylic acids is 1. The zero-order chi connectivity index (χ0) is 25.6. The topological polar surface area (TPSA) is 240 Å². The molecule has 0 aliphatic heterocycles. The predicted molar refractivity (Wildman–Crippen MR) is 123 cm³/mol. The third-order valence-corrected chi connectivity index (χ3v) is 5.31. The molecule has 0 spiro atoms. The number of aliphatic carboxylic acids is 1. The van der Waals surface area contributed by atoms with E-state index in [1.165, 1.54) is 18.7 Å². The quantitative estimate of drug-likeness (QED) is 0.0956. The lowest BCUT2D eigenvalue weighted by molar-refractivity contribution is -0.142. The van der Waals surface area contributed by atoms with Gasteiger partial charge < -0.3 is 43.4 Å². The molecular weight excluding hydrogens is 456 g/mol. The fourth-order valence-electron chi connectivity index (χ4n) is 2.70. The lowest BCUT2D eigenvalue weighted by Gasteiger charge is -2.25. The SMILES string of the molecule is CSCCC(NC(=O)C(N)C(C)O)C(=O)NC(CC(N)=O)C(=O)NC(CCCCN)C(=O)O. The standard InChI is InChI=1S/C19H36N6O7S/c1-10(26)15(22)18(30)23-11(6-8-33-2)16(28)25-13(9-14(21)27)17(29)24-12(19(31)32)5-3-4-7-20/h10-13,15,26H,3-9,20,22H2,1-2H3,(H2,21,27)(H,23,30)(H,24,29)(H,25,28)(H,31,32). The van der Waals surface area contributed by atoms with Crippen LogP contribution in [0, 0.1) is 0 Å². The molecule has 0 aromatic rings. The van der Waals surface area contributed by atoms with Gasteiger partial charge in [0.25, 0.3) is 0 Å². The molecule has 0 aromatic heterocycles. The molecule has 0 aliphatic carbocycles. The average Bonchev–Trinajstić information content (AvgIpc) is 2.73. The smallest absolute Gasteiger partial charge is 0.326 e. The van der Waals surface area contributed by atoms with Gasteiger partial charge in [0.15, 0.2) is 0 Å². The summed E-state index contributed by atoms with van der Waals surface area (Å²) in [6.45, 7) is 1.68. The minimum Gasteiger partial charge on any atom is -0.480 e. The first-order valence-corrected chi connectivity index (χ1v) is 11.9. The van der Waals surface area contributed by atoms with Crippen molar-refractivity contribution >= 4 is 41.4 Å². The second kappa shape index (κ2) is 16.2. The van der Waals surface area contributed by atoms with Crippen LogP contribution in [-0.2, 0) is 24.0 Å². The summed E-state index contributed by atoms with van der Waals surface area (Å²) in [5.41, 5.74) is 16.2. The van der Waals surface area contributed by atoms with Crippen LogP contribution >= 0.6 is 11.8 Å². The van der Waals surface area contributed by atoms with Gasteiger partial charge in [-0.25, -0.2) is 4.79 Å². The first kappa shape index (κ1) is 30.6. The molecule has 0 bridgehead atoms. The average molecular weight is 493 g/mol. The summed E-state index contributed by atoms with van der Waals surface area (Å²) in [6.07, 6.45) is 1.35. The number of aliphatic hydroxyl groups is 1. The van der Waals surface area contributed by atoms with E-state index in [0.717, 1.165) is 0 Å². The van der Waals surface area contributed by atoms with Crippen molar-refractivity contribution in [3.63, 3.8) is 0 Å². The molecule has 11 N–H and O–H groups in total. The molecule has 0 aromatic carbocycles. The van der Waals surface area contributed by atoms with Gasteiger partial charge in [0.2, 0.25) is 23.6 Å². The molecule has 0 aliphatic rings. The lowest BCUT2D eigenvalue weighted by Crippen LogP contribution is -2.58. The number of aliphatic hydroxyl groups excluding tert-OH is 1. The van der Waals surface area contributed by atoms with E-state index in [0.29, 0.717) is 25.1 Å². The second-order valence-electron chi connectivity index (χ2n) is 7.52. The Morgan fingerprint density at radius 1 is 0.909 bits per heavy atom. The Hall–Kier alpha value is -2.42. The summed E-state index contributed by atoms with van der Waals surface area (Å²) in [4.78, 5) is 60.6. The Bertz CT molecular complexity index is 679. The monoisotopic (exact) mass is 492 g/mol. The number of primary amides is 1. The maximum Gasteiger partial charge on any atom is 0.326 e. The van der Waals surface area contributed by atoms with Gasteiger partial charge in [-0.2, -0.15) is 11.8 Å². The van der Waals surface area contributed by atoms with Crippen LogP contribution in [0.2, 0.25) is 0 Å². The van der Waals surface area contributed by atoms with Crippen LogP contribution < -0.4 is 33.2 Å². The first-order valence-electron chi connectivity index (χ1n) is 10.5. The molecule has 190 valence electrons. The lowest BCUT2D eigenvalue weighted by atomic mass is 10.1. The fraction of sp³-hybridized carbons (Fsp3) is 0.737. The van der Waals surface area contributed by atoms with E-state index >= 15 is 0 Å². The number of nitrogens with one attached hydrogen (secondary N) is 3. The Labute approximate surface area is 196 Å². The predicted octanol–water partition coefficient (Wildman–Crippen LogP) is -3.01. The molecule has 0 saturated carbocycles.